The highest BCUT2D eigenvalue weighted by Gasteiger charge is 2.27. The van der Waals surface area contributed by atoms with Gasteiger partial charge in [-0.2, -0.15) is 0 Å². The van der Waals surface area contributed by atoms with Crippen LogP contribution in [0.3, 0.4) is 0 Å². The first kappa shape index (κ1) is 13.6. The van der Waals surface area contributed by atoms with E-state index >= 15 is 0 Å². The van der Waals surface area contributed by atoms with Crippen molar-refractivity contribution < 1.29 is 24.0 Å². The summed E-state index contributed by atoms with van der Waals surface area (Å²) in [6.07, 6.45) is 0.435. The van der Waals surface area contributed by atoms with Crippen LogP contribution in [-0.2, 0) is 4.74 Å². The number of nitro benzene ring substituents is 1. The van der Waals surface area contributed by atoms with E-state index in [1.165, 1.54) is 13.2 Å². The van der Waals surface area contributed by atoms with Gasteiger partial charge in [0.1, 0.15) is 12.0 Å². The number of carbonyl (C=O) groups is 2. The van der Waals surface area contributed by atoms with E-state index in [1.807, 2.05) is 0 Å². The predicted octanol–water partition coefficient (Wildman–Crippen LogP) is 1.59. The second-order valence-electron chi connectivity index (χ2n) is 3.21. The van der Waals surface area contributed by atoms with Crippen LogP contribution in [0.4, 0.5) is 5.69 Å². The molecule has 0 spiro atoms. The van der Waals surface area contributed by atoms with Crippen molar-refractivity contribution in [3.63, 3.8) is 0 Å². The van der Waals surface area contributed by atoms with Crippen LogP contribution in [-0.4, -0.2) is 30.9 Å². The second kappa shape index (κ2) is 5.76. The molecule has 7 nitrogen and oxygen atoms in total. The molecule has 0 aliphatic rings. The molecule has 1 rings (SSSR count). The van der Waals surface area contributed by atoms with Crippen LogP contribution in [0.25, 0.3) is 0 Å². The van der Waals surface area contributed by atoms with Crippen LogP contribution in [0.15, 0.2) is 12.1 Å². The zero-order valence-electron chi connectivity index (χ0n) is 9.84. The van der Waals surface area contributed by atoms with Gasteiger partial charge in [0, 0.05) is 11.6 Å². The third-order valence-corrected chi connectivity index (χ3v) is 2.14. The molecule has 7 heteroatoms. The molecule has 96 valence electrons. The van der Waals surface area contributed by atoms with Crippen molar-refractivity contribution >= 4 is 17.9 Å². The van der Waals surface area contributed by atoms with E-state index in [9.17, 15) is 19.7 Å². The summed E-state index contributed by atoms with van der Waals surface area (Å²) in [6.45, 7) is 1.66. The second-order valence-corrected chi connectivity index (χ2v) is 3.21. The fourth-order valence-corrected chi connectivity index (χ4v) is 1.40. The van der Waals surface area contributed by atoms with Crippen molar-refractivity contribution in [1.29, 1.82) is 0 Å². The van der Waals surface area contributed by atoms with Crippen LogP contribution < -0.4 is 4.74 Å². The highest BCUT2D eigenvalue weighted by molar-refractivity contribution is 5.98. The topological polar surface area (TPSA) is 95.7 Å². The fourth-order valence-electron chi connectivity index (χ4n) is 1.40. The number of benzene rings is 1. The smallest absolute Gasteiger partial charge is 0.349 e. The van der Waals surface area contributed by atoms with Crippen LogP contribution >= 0.6 is 0 Å². The number of nitro groups is 1. The number of ether oxygens (including phenoxy) is 2. The molecule has 0 radical (unpaired) electrons. The van der Waals surface area contributed by atoms with Crippen LogP contribution in [0.5, 0.6) is 5.75 Å². The Balaban J connectivity index is 3.48. The Morgan fingerprint density at radius 2 is 2.17 bits per heavy atom. The summed E-state index contributed by atoms with van der Waals surface area (Å²) in [5, 5.41) is 10.9. The van der Waals surface area contributed by atoms with Gasteiger partial charge in [-0.3, -0.25) is 14.9 Å². The molecule has 0 aromatic heterocycles. The third kappa shape index (κ3) is 2.62. The van der Waals surface area contributed by atoms with Gasteiger partial charge in [-0.15, -0.1) is 0 Å². The van der Waals surface area contributed by atoms with Gasteiger partial charge in [-0.1, -0.05) is 0 Å². The minimum absolute atomic E-state index is 0.0478. The van der Waals surface area contributed by atoms with Gasteiger partial charge in [-0.05, 0) is 13.0 Å². The summed E-state index contributed by atoms with van der Waals surface area (Å²) < 4.78 is 9.61. The molecule has 0 amide bonds. The molecule has 18 heavy (non-hydrogen) atoms. The molecule has 0 atom stereocenters. The highest BCUT2D eigenvalue weighted by Crippen LogP contribution is 2.30. The maximum atomic E-state index is 11.7. The lowest BCUT2D eigenvalue weighted by Crippen LogP contribution is -2.10. The van der Waals surface area contributed by atoms with Crippen LogP contribution in [0.2, 0.25) is 0 Å². The van der Waals surface area contributed by atoms with Gasteiger partial charge in [-0.25, -0.2) is 4.79 Å². The molecule has 1 aromatic carbocycles. The first-order valence-corrected chi connectivity index (χ1v) is 5.03. The molecular weight excluding hydrogens is 242 g/mol. The number of nitrogens with zero attached hydrogens (tertiary/aromatic N) is 1. The molecule has 0 fully saturated rings. The zero-order valence-corrected chi connectivity index (χ0v) is 9.84. The lowest BCUT2D eigenvalue weighted by Gasteiger charge is -2.08. The number of rotatable bonds is 5. The Morgan fingerprint density at radius 3 is 2.61 bits per heavy atom. The molecule has 0 saturated heterocycles. The van der Waals surface area contributed by atoms with Gasteiger partial charge in [0.15, 0.2) is 5.56 Å². The molecule has 0 N–H and O–H groups in total. The SMILES string of the molecule is CCOC(=O)c1c(OC)cc(C=O)cc1[N+](=O)[O-]. The average Bonchev–Trinajstić information content (AvgIpc) is 2.37. The number of hydrogen-bond donors (Lipinski definition) is 0. The Labute approximate surface area is 102 Å². The summed E-state index contributed by atoms with van der Waals surface area (Å²) in [6, 6.07) is 2.24. The van der Waals surface area contributed by atoms with Crippen molar-refractivity contribution in [2.45, 2.75) is 6.92 Å². The molecule has 0 heterocycles. The minimum Gasteiger partial charge on any atom is -0.496 e. The van der Waals surface area contributed by atoms with Crippen molar-refractivity contribution in [1.82, 2.24) is 0 Å². The van der Waals surface area contributed by atoms with Gasteiger partial charge < -0.3 is 9.47 Å². The molecule has 0 aliphatic carbocycles. The van der Waals surface area contributed by atoms with Crippen LogP contribution in [0.1, 0.15) is 27.6 Å². The molecular formula is C11H11NO6. The first-order chi connectivity index (χ1) is 8.54. The van der Waals surface area contributed by atoms with E-state index in [1.54, 1.807) is 6.92 Å². The summed E-state index contributed by atoms with van der Waals surface area (Å²) >= 11 is 0. The zero-order chi connectivity index (χ0) is 13.7. The normalized spacial score (nSPS) is 9.67. The summed E-state index contributed by atoms with van der Waals surface area (Å²) in [7, 11) is 1.25. The van der Waals surface area contributed by atoms with Gasteiger partial charge in [0.25, 0.3) is 5.69 Å². The van der Waals surface area contributed by atoms with E-state index in [-0.39, 0.29) is 23.5 Å². The summed E-state index contributed by atoms with van der Waals surface area (Å²) in [4.78, 5) is 32.4. The standard InChI is InChI=1S/C11H11NO6/c1-3-18-11(14)10-8(12(15)16)4-7(6-13)5-9(10)17-2/h4-6H,3H2,1-2H3. The number of aldehydes is 1. The lowest BCUT2D eigenvalue weighted by molar-refractivity contribution is -0.385. The largest absolute Gasteiger partial charge is 0.496 e. The fraction of sp³-hybridized carbons (Fsp3) is 0.273. The molecule has 0 bridgehead atoms. The number of carbonyl (C=O) groups excluding carboxylic acids is 2. The number of methoxy groups -OCH3 is 1. The Bertz CT molecular complexity index is 497. The number of esters is 1. The Kier molecular flexibility index (Phi) is 4.36. The van der Waals surface area contributed by atoms with Gasteiger partial charge in [0.2, 0.25) is 0 Å². The maximum Gasteiger partial charge on any atom is 0.349 e. The Hall–Kier alpha value is -2.44. The van der Waals surface area contributed by atoms with E-state index < -0.39 is 16.6 Å². The highest BCUT2D eigenvalue weighted by atomic mass is 16.6. The molecule has 0 aliphatic heterocycles. The Morgan fingerprint density at radius 1 is 1.50 bits per heavy atom. The molecule has 0 saturated carbocycles. The summed E-state index contributed by atoms with van der Waals surface area (Å²) in [5.41, 5.74) is -0.767. The van der Waals surface area contributed by atoms with Gasteiger partial charge >= 0.3 is 5.97 Å². The van der Waals surface area contributed by atoms with Gasteiger partial charge in [0.05, 0.1) is 18.6 Å². The molecule has 1 aromatic rings. The van der Waals surface area contributed by atoms with E-state index in [0.29, 0.717) is 6.29 Å². The maximum absolute atomic E-state index is 11.7. The first-order valence-electron chi connectivity index (χ1n) is 5.03. The van der Waals surface area contributed by atoms with E-state index in [0.717, 1.165) is 6.07 Å². The predicted molar refractivity (Wildman–Crippen MR) is 61.0 cm³/mol. The lowest BCUT2D eigenvalue weighted by atomic mass is 10.1. The minimum atomic E-state index is -0.863. The van der Waals surface area contributed by atoms with Crippen LogP contribution in [0, 0.1) is 10.1 Å². The van der Waals surface area contributed by atoms with Crippen molar-refractivity contribution in [2.75, 3.05) is 13.7 Å². The van der Waals surface area contributed by atoms with E-state index in [4.69, 9.17) is 9.47 Å². The average molecular weight is 253 g/mol. The number of hydrogen-bond acceptors (Lipinski definition) is 6. The van der Waals surface area contributed by atoms with Crippen molar-refractivity contribution in [2.24, 2.45) is 0 Å². The van der Waals surface area contributed by atoms with Crippen molar-refractivity contribution in [3.05, 3.63) is 33.4 Å². The third-order valence-electron chi connectivity index (χ3n) is 2.14. The quantitative estimate of drug-likeness (QED) is 0.342. The van der Waals surface area contributed by atoms with E-state index in [2.05, 4.69) is 0 Å². The summed E-state index contributed by atoms with van der Waals surface area (Å²) in [5.74, 6) is -0.928. The van der Waals surface area contributed by atoms with Crippen molar-refractivity contribution in [3.8, 4) is 5.75 Å². The monoisotopic (exact) mass is 253 g/mol. The molecule has 0 unspecified atom stereocenters.